The quantitative estimate of drug-likeness (QED) is 0.162. The van der Waals surface area contributed by atoms with E-state index in [1.165, 1.54) is 70.6 Å². The van der Waals surface area contributed by atoms with Crippen molar-refractivity contribution in [3.63, 3.8) is 0 Å². The average molecular weight is 374 g/mol. The lowest BCUT2D eigenvalue weighted by Crippen LogP contribution is -2.09. The van der Waals surface area contributed by atoms with Gasteiger partial charge in [0.25, 0.3) is 0 Å². The van der Waals surface area contributed by atoms with Crippen LogP contribution in [0.2, 0.25) is 0 Å². The Morgan fingerprint density at radius 2 is 1.28 bits per heavy atom. The van der Waals surface area contributed by atoms with Crippen molar-refractivity contribution in [2.24, 2.45) is 5.73 Å². The topological polar surface area (TPSA) is 63.3 Å². The SMILES string of the molecule is CCCCCCCC/C=C\CCCCCCCC(N)=O.CCCSO. The van der Waals surface area contributed by atoms with Crippen LogP contribution < -0.4 is 5.73 Å². The summed E-state index contributed by atoms with van der Waals surface area (Å²) in [6.45, 7) is 4.30. The summed E-state index contributed by atoms with van der Waals surface area (Å²) in [7, 11) is 0. The molecule has 0 aromatic heterocycles. The van der Waals surface area contributed by atoms with Gasteiger partial charge in [0.1, 0.15) is 0 Å². The van der Waals surface area contributed by atoms with Crippen LogP contribution >= 0.6 is 12.0 Å². The maximum absolute atomic E-state index is 10.5. The zero-order valence-electron chi connectivity index (χ0n) is 16.8. The summed E-state index contributed by atoms with van der Waals surface area (Å²) in [4.78, 5) is 10.5. The van der Waals surface area contributed by atoms with Gasteiger partial charge in [0.05, 0.1) is 0 Å². The van der Waals surface area contributed by atoms with Gasteiger partial charge in [-0.1, -0.05) is 77.4 Å². The molecule has 0 heterocycles. The van der Waals surface area contributed by atoms with Gasteiger partial charge in [-0.2, -0.15) is 0 Å². The van der Waals surface area contributed by atoms with Crippen LogP contribution in [0.1, 0.15) is 110 Å². The van der Waals surface area contributed by atoms with Gasteiger partial charge < -0.3 is 10.3 Å². The number of allylic oxidation sites excluding steroid dienone is 2. The number of hydrogen-bond donors (Lipinski definition) is 2. The molecule has 3 N–H and O–H groups in total. The van der Waals surface area contributed by atoms with Crippen LogP contribution in [0, 0.1) is 0 Å². The average Bonchev–Trinajstić information content (AvgIpc) is 2.59. The molecule has 3 nitrogen and oxygen atoms in total. The highest BCUT2D eigenvalue weighted by atomic mass is 32.2. The first-order chi connectivity index (χ1) is 12.2. The third-order valence-electron chi connectivity index (χ3n) is 3.98. The van der Waals surface area contributed by atoms with Gasteiger partial charge in [0.2, 0.25) is 5.91 Å². The minimum absolute atomic E-state index is 0.164. The Morgan fingerprint density at radius 3 is 1.68 bits per heavy atom. The number of nitrogens with two attached hydrogens (primary N) is 1. The molecule has 0 aromatic carbocycles. The monoisotopic (exact) mass is 373 g/mol. The maximum Gasteiger partial charge on any atom is 0.217 e. The van der Waals surface area contributed by atoms with E-state index in [1.807, 2.05) is 6.92 Å². The van der Waals surface area contributed by atoms with Gasteiger partial charge in [0.15, 0.2) is 0 Å². The second kappa shape index (κ2) is 25.8. The van der Waals surface area contributed by atoms with Crippen LogP contribution in [-0.4, -0.2) is 16.2 Å². The molecule has 0 aliphatic carbocycles. The molecule has 0 radical (unpaired) electrons. The number of carbonyl (C=O) groups is 1. The highest BCUT2D eigenvalue weighted by molar-refractivity contribution is 7.93. The van der Waals surface area contributed by atoms with Crippen molar-refractivity contribution in [2.45, 2.75) is 110 Å². The van der Waals surface area contributed by atoms with E-state index >= 15 is 0 Å². The number of hydrogen-bond acceptors (Lipinski definition) is 3. The van der Waals surface area contributed by atoms with Gasteiger partial charge in [-0.05, 0) is 50.6 Å². The summed E-state index contributed by atoms with van der Waals surface area (Å²) in [5.41, 5.74) is 5.10. The zero-order valence-corrected chi connectivity index (χ0v) is 17.6. The van der Waals surface area contributed by atoms with Crippen LogP contribution in [0.25, 0.3) is 0 Å². The molecule has 0 spiro atoms. The summed E-state index contributed by atoms with van der Waals surface area (Å²) in [6.07, 6.45) is 23.0. The van der Waals surface area contributed by atoms with Crippen molar-refractivity contribution >= 4 is 17.9 Å². The molecule has 0 unspecified atom stereocenters. The van der Waals surface area contributed by atoms with E-state index < -0.39 is 0 Å². The van der Waals surface area contributed by atoms with E-state index in [4.69, 9.17) is 10.3 Å². The largest absolute Gasteiger partial charge is 0.370 e. The fourth-order valence-corrected chi connectivity index (χ4v) is 2.64. The fourth-order valence-electron chi connectivity index (χ4n) is 2.46. The molecule has 0 saturated carbocycles. The van der Waals surface area contributed by atoms with E-state index in [-0.39, 0.29) is 5.91 Å². The van der Waals surface area contributed by atoms with Crippen LogP contribution in [-0.2, 0) is 4.79 Å². The first-order valence-electron chi connectivity index (χ1n) is 10.4. The Balaban J connectivity index is 0. The summed E-state index contributed by atoms with van der Waals surface area (Å²) in [5.74, 6) is 0.697. The number of primary amides is 1. The van der Waals surface area contributed by atoms with E-state index in [0.717, 1.165) is 37.1 Å². The standard InChI is InChI=1S/C18H35NO.C3H8OS/c1-2-3-4-5-6-7-8-9-10-11-12-13-14-15-16-17-18(19)20;1-2-3-5-4/h9-10H,2-8,11-17H2,1H3,(H2,19,20);4H,2-3H2,1H3/b10-9-;. The highest BCUT2D eigenvalue weighted by Gasteiger charge is 1.94. The Kier molecular flexibility index (Phi) is 27.6. The van der Waals surface area contributed by atoms with Crippen molar-refractivity contribution < 1.29 is 9.35 Å². The molecule has 0 aliphatic heterocycles. The molecule has 25 heavy (non-hydrogen) atoms. The molecule has 1 amide bonds. The van der Waals surface area contributed by atoms with Gasteiger partial charge >= 0.3 is 0 Å². The molecular weight excluding hydrogens is 330 g/mol. The lowest BCUT2D eigenvalue weighted by atomic mass is 10.1. The second-order valence-electron chi connectivity index (χ2n) is 6.63. The first kappa shape index (κ1) is 26.7. The third kappa shape index (κ3) is 31.8. The van der Waals surface area contributed by atoms with Crippen LogP contribution in [0.5, 0.6) is 0 Å². The third-order valence-corrected chi connectivity index (χ3v) is 4.57. The minimum Gasteiger partial charge on any atom is -0.370 e. The normalized spacial score (nSPS) is 10.7. The molecule has 0 saturated heterocycles. The van der Waals surface area contributed by atoms with E-state index in [0.29, 0.717) is 6.42 Å². The van der Waals surface area contributed by atoms with Gasteiger partial charge in [0, 0.05) is 12.2 Å². The predicted molar refractivity (Wildman–Crippen MR) is 114 cm³/mol. The first-order valence-corrected chi connectivity index (χ1v) is 11.3. The Bertz CT molecular complexity index is 281. The predicted octanol–water partition coefficient (Wildman–Crippen LogP) is 7.11. The lowest BCUT2D eigenvalue weighted by Gasteiger charge is -1.99. The molecular formula is C21H43NO2S. The molecule has 0 atom stereocenters. The van der Waals surface area contributed by atoms with Gasteiger partial charge in [-0.15, -0.1) is 0 Å². The molecule has 0 fully saturated rings. The van der Waals surface area contributed by atoms with E-state index in [2.05, 4.69) is 19.1 Å². The number of carbonyl (C=O) groups excluding carboxylic acids is 1. The Hall–Kier alpha value is -0.480. The van der Waals surface area contributed by atoms with Crippen molar-refractivity contribution in [2.75, 3.05) is 5.75 Å². The van der Waals surface area contributed by atoms with Crippen molar-refractivity contribution in [3.8, 4) is 0 Å². The summed E-state index contributed by atoms with van der Waals surface area (Å²) in [5, 5.41) is 0. The van der Waals surface area contributed by atoms with Gasteiger partial charge in [-0.3, -0.25) is 4.79 Å². The number of amides is 1. The second-order valence-corrected chi connectivity index (χ2v) is 7.30. The molecule has 0 rings (SSSR count). The van der Waals surface area contributed by atoms with Crippen molar-refractivity contribution in [3.05, 3.63) is 12.2 Å². The molecule has 0 bridgehead atoms. The van der Waals surface area contributed by atoms with Crippen LogP contribution in [0.3, 0.4) is 0 Å². The highest BCUT2D eigenvalue weighted by Crippen LogP contribution is 2.09. The fraction of sp³-hybridized carbons (Fsp3) is 0.857. The molecule has 0 aliphatic rings. The summed E-state index contributed by atoms with van der Waals surface area (Å²) in [6, 6.07) is 0. The maximum atomic E-state index is 10.5. The number of rotatable bonds is 17. The van der Waals surface area contributed by atoms with Gasteiger partial charge in [-0.25, -0.2) is 0 Å². The smallest absolute Gasteiger partial charge is 0.217 e. The summed E-state index contributed by atoms with van der Waals surface area (Å²) >= 11 is 0.902. The van der Waals surface area contributed by atoms with E-state index in [1.54, 1.807) is 0 Å². The molecule has 150 valence electrons. The van der Waals surface area contributed by atoms with Crippen LogP contribution in [0.15, 0.2) is 12.2 Å². The lowest BCUT2D eigenvalue weighted by molar-refractivity contribution is -0.118. The Morgan fingerprint density at radius 1 is 0.800 bits per heavy atom. The summed E-state index contributed by atoms with van der Waals surface area (Å²) < 4.78 is 7.98. The number of unbranched alkanes of at least 4 members (excludes halogenated alkanes) is 11. The van der Waals surface area contributed by atoms with Crippen molar-refractivity contribution in [1.29, 1.82) is 0 Å². The Labute approximate surface area is 161 Å². The van der Waals surface area contributed by atoms with Crippen LogP contribution in [0.4, 0.5) is 0 Å². The molecule has 4 heteroatoms. The molecule has 0 aromatic rings. The van der Waals surface area contributed by atoms with E-state index in [9.17, 15) is 4.79 Å². The zero-order chi connectivity index (χ0) is 19.0. The van der Waals surface area contributed by atoms with Crippen molar-refractivity contribution in [1.82, 2.24) is 0 Å². The minimum atomic E-state index is -0.164.